The summed E-state index contributed by atoms with van der Waals surface area (Å²) < 4.78 is 17.6. The predicted molar refractivity (Wildman–Crippen MR) is 98.8 cm³/mol. The van der Waals surface area contributed by atoms with Gasteiger partial charge in [0.25, 0.3) is 0 Å². The Morgan fingerprint density at radius 1 is 0.920 bits per heavy atom. The van der Waals surface area contributed by atoms with Gasteiger partial charge < -0.3 is 24.5 Å². The number of hydrogen-bond donors (Lipinski definition) is 1. The molecule has 0 amide bonds. The number of imidazole rings is 1. The summed E-state index contributed by atoms with van der Waals surface area (Å²) in [6.45, 7) is 2.08. The lowest BCUT2D eigenvalue weighted by atomic mass is 10.2. The van der Waals surface area contributed by atoms with Gasteiger partial charge in [-0.25, -0.2) is 4.98 Å². The molecule has 2 aromatic carbocycles. The molecule has 0 spiro atoms. The Kier molecular flexibility index (Phi) is 6.28. The summed E-state index contributed by atoms with van der Waals surface area (Å²) >= 11 is 0. The van der Waals surface area contributed by atoms with Crippen LogP contribution in [0.1, 0.15) is 5.56 Å². The molecular formula is C19H23N3O3. The number of nitrogens with two attached hydrogens (primary N) is 1. The maximum atomic E-state index is 5.59. The minimum absolute atomic E-state index is 0.448. The van der Waals surface area contributed by atoms with Crippen molar-refractivity contribution >= 4 is 5.82 Å². The largest absolute Gasteiger partial charge is 0.493 e. The zero-order chi connectivity index (χ0) is 18.2. The Labute approximate surface area is 147 Å². The van der Waals surface area contributed by atoms with Crippen molar-refractivity contribution in [3.8, 4) is 22.9 Å². The molecule has 132 valence electrons. The van der Waals surface area contributed by atoms with Crippen LogP contribution in [0.4, 0.5) is 5.82 Å². The van der Waals surface area contributed by atoms with Crippen molar-refractivity contribution in [1.82, 2.24) is 9.55 Å². The average molecular weight is 341 g/mol. The molecule has 0 aliphatic heterocycles. The standard InChI is InChI=1S/C12H15N3O3.C7H8/c1-16-9-4-8(15-6-11(13)14-7-15)5-10(17-2)12(9)18-3;1-7-5-3-2-4-6-7/h4-7H,13H2,1-3H3;2-6H,1H3. The summed E-state index contributed by atoms with van der Waals surface area (Å²) in [5.74, 6) is 2.17. The average Bonchev–Trinajstić information content (AvgIpc) is 3.08. The number of benzene rings is 2. The summed E-state index contributed by atoms with van der Waals surface area (Å²) in [6.07, 6.45) is 3.33. The molecule has 25 heavy (non-hydrogen) atoms. The van der Waals surface area contributed by atoms with Gasteiger partial charge >= 0.3 is 0 Å². The van der Waals surface area contributed by atoms with Crippen LogP contribution in [-0.4, -0.2) is 30.9 Å². The minimum Gasteiger partial charge on any atom is -0.493 e. The van der Waals surface area contributed by atoms with Crippen LogP contribution in [0.25, 0.3) is 5.69 Å². The van der Waals surface area contributed by atoms with E-state index in [1.807, 2.05) is 30.3 Å². The predicted octanol–water partition coefficient (Wildman–Crippen LogP) is 3.48. The van der Waals surface area contributed by atoms with Gasteiger partial charge in [-0.3, -0.25) is 0 Å². The second-order valence-electron chi connectivity index (χ2n) is 5.24. The second-order valence-corrected chi connectivity index (χ2v) is 5.24. The number of hydrogen-bond acceptors (Lipinski definition) is 5. The van der Waals surface area contributed by atoms with E-state index in [4.69, 9.17) is 19.9 Å². The third-order valence-corrected chi connectivity index (χ3v) is 3.49. The van der Waals surface area contributed by atoms with E-state index in [2.05, 4.69) is 24.0 Å². The first kappa shape index (κ1) is 18.2. The lowest BCUT2D eigenvalue weighted by Crippen LogP contribution is -1.98. The van der Waals surface area contributed by atoms with Crippen LogP contribution in [0, 0.1) is 6.92 Å². The van der Waals surface area contributed by atoms with Gasteiger partial charge in [0.2, 0.25) is 5.75 Å². The first-order valence-corrected chi connectivity index (χ1v) is 7.70. The maximum absolute atomic E-state index is 5.59. The van der Waals surface area contributed by atoms with Crippen molar-refractivity contribution in [2.45, 2.75) is 6.92 Å². The third-order valence-electron chi connectivity index (χ3n) is 3.49. The van der Waals surface area contributed by atoms with Gasteiger partial charge in [0.05, 0.1) is 33.2 Å². The summed E-state index contributed by atoms with van der Waals surface area (Å²) in [4.78, 5) is 3.97. The van der Waals surface area contributed by atoms with E-state index in [1.54, 1.807) is 38.4 Å². The zero-order valence-corrected chi connectivity index (χ0v) is 14.9. The SMILES string of the molecule is COc1cc(-n2cnc(N)c2)cc(OC)c1OC.Cc1ccccc1. The lowest BCUT2D eigenvalue weighted by molar-refractivity contribution is 0.324. The van der Waals surface area contributed by atoms with Gasteiger partial charge in [0, 0.05) is 12.1 Å². The Bertz CT molecular complexity index is 776. The van der Waals surface area contributed by atoms with E-state index in [1.165, 1.54) is 5.56 Å². The monoisotopic (exact) mass is 341 g/mol. The molecule has 2 N–H and O–H groups in total. The summed E-state index contributed by atoms with van der Waals surface area (Å²) in [5.41, 5.74) is 7.74. The molecule has 1 heterocycles. The van der Waals surface area contributed by atoms with E-state index >= 15 is 0 Å². The molecule has 3 aromatic rings. The molecule has 6 nitrogen and oxygen atoms in total. The number of ether oxygens (including phenoxy) is 3. The van der Waals surface area contributed by atoms with Gasteiger partial charge in [-0.2, -0.15) is 0 Å². The molecule has 1 aromatic heterocycles. The number of aromatic nitrogens is 2. The highest BCUT2D eigenvalue weighted by Gasteiger charge is 2.14. The van der Waals surface area contributed by atoms with Gasteiger partial charge in [-0.15, -0.1) is 0 Å². The molecule has 0 atom stereocenters. The van der Waals surface area contributed by atoms with Gasteiger partial charge in [0.1, 0.15) is 12.1 Å². The van der Waals surface area contributed by atoms with E-state index in [-0.39, 0.29) is 0 Å². The van der Waals surface area contributed by atoms with Crippen molar-refractivity contribution in [2.75, 3.05) is 27.1 Å². The lowest BCUT2D eigenvalue weighted by Gasteiger charge is -2.14. The number of aryl methyl sites for hydroxylation is 1. The quantitative estimate of drug-likeness (QED) is 0.787. The fourth-order valence-corrected chi connectivity index (χ4v) is 2.23. The molecule has 3 rings (SSSR count). The van der Waals surface area contributed by atoms with Crippen molar-refractivity contribution in [3.05, 3.63) is 60.6 Å². The van der Waals surface area contributed by atoms with Gasteiger partial charge in [0.15, 0.2) is 11.5 Å². The van der Waals surface area contributed by atoms with Crippen LogP contribution in [0.5, 0.6) is 17.2 Å². The molecule has 0 radical (unpaired) electrons. The molecule has 0 aliphatic rings. The van der Waals surface area contributed by atoms with E-state index < -0.39 is 0 Å². The molecular weight excluding hydrogens is 318 g/mol. The van der Waals surface area contributed by atoms with Crippen molar-refractivity contribution < 1.29 is 14.2 Å². The molecule has 6 heteroatoms. The van der Waals surface area contributed by atoms with Crippen molar-refractivity contribution in [3.63, 3.8) is 0 Å². The number of rotatable bonds is 4. The maximum Gasteiger partial charge on any atom is 0.203 e. The molecule has 0 aliphatic carbocycles. The molecule has 0 unspecified atom stereocenters. The van der Waals surface area contributed by atoms with Gasteiger partial charge in [-0.1, -0.05) is 35.9 Å². The molecule has 0 fully saturated rings. The van der Waals surface area contributed by atoms with Crippen molar-refractivity contribution in [2.24, 2.45) is 0 Å². The summed E-state index contributed by atoms with van der Waals surface area (Å²) in [5, 5.41) is 0. The van der Waals surface area contributed by atoms with Crippen LogP contribution in [0.3, 0.4) is 0 Å². The highest BCUT2D eigenvalue weighted by molar-refractivity contribution is 5.58. The molecule has 0 saturated carbocycles. The first-order chi connectivity index (χ1) is 12.1. The minimum atomic E-state index is 0.448. The van der Waals surface area contributed by atoms with Crippen molar-refractivity contribution in [1.29, 1.82) is 0 Å². The summed E-state index contributed by atoms with van der Waals surface area (Å²) in [6, 6.07) is 13.9. The highest BCUT2D eigenvalue weighted by atomic mass is 16.5. The normalized spacial score (nSPS) is 9.76. The molecule has 0 bridgehead atoms. The van der Waals surface area contributed by atoms with Crippen LogP contribution in [-0.2, 0) is 0 Å². The van der Waals surface area contributed by atoms with E-state index in [0.29, 0.717) is 23.1 Å². The van der Waals surface area contributed by atoms with Crippen LogP contribution in [0.15, 0.2) is 55.0 Å². The fraction of sp³-hybridized carbons (Fsp3) is 0.211. The smallest absolute Gasteiger partial charge is 0.203 e. The van der Waals surface area contributed by atoms with E-state index in [9.17, 15) is 0 Å². The number of nitrogens with zero attached hydrogens (tertiary/aromatic N) is 2. The Hall–Kier alpha value is -3.15. The van der Waals surface area contributed by atoms with Crippen LogP contribution < -0.4 is 19.9 Å². The Balaban J connectivity index is 0.000000269. The first-order valence-electron chi connectivity index (χ1n) is 7.70. The zero-order valence-electron chi connectivity index (χ0n) is 14.9. The Morgan fingerprint density at radius 3 is 1.88 bits per heavy atom. The molecule has 0 saturated heterocycles. The van der Waals surface area contributed by atoms with Crippen LogP contribution >= 0.6 is 0 Å². The fourth-order valence-electron chi connectivity index (χ4n) is 2.23. The number of nitrogen functional groups attached to an aromatic ring is 1. The number of anilines is 1. The third kappa shape index (κ3) is 4.67. The second kappa shape index (κ2) is 8.63. The van der Waals surface area contributed by atoms with Crippen LogP contribution in [0.2, 0.25) is 0 Å². The summed E-state index contributed by atoms with van der Waals surface area (Å²) in [7, 11) is 4.71. The Morgan fingerprint density at radius 2 is 1.52 bits per heavy atom. The number of methoxy groups -OCH3 is 3. The van der Waals surface area contributed by atoms with E-state index in [0.717, 1.165) is 5.69 Å². The highest BCUT2D eigenvalue weighted by Crippen LogP contribution is 2.39. The topological polar surface area (TPSA) is 71.5 Å². The van der Waals surface area contributed by atoms with Gasteiger partial charge in [-0.05, 0) is 6.92 Å².